The molecule has 2 aromatic rings. The van der Waals surface area contributed by atoms with E-state index in [9.17, 15) is 4.79 Å². The first-order chi connectivity index (χ1) is 15.5. The fraction of sp³-hybridized carbons (Fsp3) is 0.462. The lowest BCUT2D eigenvalue weighted by molar-refractivity contribution is -0.122. The highest BCUT2D eigenvalue weighted by Crippen LogP contribution is 2.27. The molecule has 1 fully saturated rings. The molecule has 6 heteroatoms. The molecule has 3 N–H and O–H groups in total. The summed E-state index contributed by atoms with van der Waals surface area (Å²) in [5.74, 6) is 1.12. The molecule has 1 atom stereocenters. The van der Waals surface area contributed by atoms with E-state index in [-0.39, 0.29) is 11.8 Å². The van der Waals surface area contributed by atoms with Gasteiger partial charge in [0.2, 0.25) is 5.91 Å². The normalized spacial score (nSPS) is 15.2. The fourth-order valence-electron chi connectivity index (χ4n) is 3.73. The summed E-state index contributed by atoms with van der Waals surface area (Å²) in [5, 5.41) is 9.82. The van der Waals surface area contributed by atoms with Crippen LogP contribution in [0.15, 0.2) is 59.6 Å². The fourth-order valence-corrected chi connectivity index (χ4v) is 3.73. The number of anilines is 1. The van der Waals surface area contributed by atoms with Crippen molar-refractivity contribution in [3.05, 3.63) is 65.7 Å². The van der Waals surface area contributed by atoms with Gasteiger partial charge in [-0.25, -0.2) is 0 Å². The van der Waals surface area contributed by atoms with Crippen molar-refractivity contribution in [2.45, 2.75) is 51.7 Å². The quantitative estimate of drug-likeness (QED) is 0.390. The van der Waals surface area contributed by atoms with Crippen LogP contribution >= 0.6 is 0 Å². The van der Waals surface area contributed by atoms with Gasteiger partial charge in [0.05, 0.1) is 0 Å². The summed E-state index contributed by atoms with van der Waals surface area (Å²) in [6.45, 7) is 4.69. The smallest absolute Gasteiger partial charge is 0.227 e. The van der Waals surface area contributed by atoms with Gasteiger partial charge in [-0.05, 0) is 56.5 Å². The van der Waals surface area contributed by atoms with Crippen LogP contribution in [0.4, 0.5) is 5.69 Å². The van der Waals surface area contributed by atoms with E-state index in [0.29, 0.717) is 12.6 Å². The van der Waals surface area contributed by atoms with Crippen molar-refractivity contribution in [2.75, 3.05) is 26.0 Å². The Bertz CT molecular complexity index is 879. The van der Waals surface area contributed by atoms with E-state index in [1.807, 2.05) is 18.2 Å². The van der Waals surface area contributed by atoms with Gasteiger partial charge in [-0.1, -0.05) is 48.9 Å². The maximum absolute atomic E-state index is 12.2. The monoisotopic (exact) mass is 435 g/mol. The number of hydrogen-bond donors (Lipinski definition) is 3. The van der Waals surface area contributed by atoms with Crippen LogP contribution in [-0.4, -0.2) is 43.4 Å². The van der Waals surface area contributed by atoms with Crippen molar-refractivity contribution >= 4 is 17.6 Å². The van der Waals surface area contributed by atoms with Crippen LogP contribution in [-0.2, 0) is 17.9 Å². The van der Waals surface area contributed by atoms with Crippen molar-refractivity contribution in [3.8, 4) is 0 Å². The maximum Gasteiger partial charge on any atom is 0.227 e. The zero-order chi connectivity index (χ0) is 22.8. The van der Waals surface area contributed by atoms with Gasteiger partial charge in [-0.3, -0.25) is 14.7 Å². The molecular formula is C26H37N5O. The van der Waals surface area contributed by atoms with Crippen molar-refractivity contribution < 1.29 is 4.79 Å². The second-order valence-corrected chi connectivity index (χ2v) is 8.71. The molecule has 6 nitrogen and oxygen atoms in total. The first-order valence-corrected chi connectivity index (χ1v) is 11.6. The topological polar surface area (TPSA) is 68.8 Å². The van der Waals surface area contributed by atoms with Gasteiger partial charge in [0.15, 0.2) is 5.96 Å². The van der Waals surface area contributed by atoms with Gasteiger partial charge in [0.25, 0.3) is 0 Å². The Kier molecular flexibility index (Phi) is 9.11. The Balaban J connectivity index is 1.39. The molecule has 0 aliphatic heterocycles. The first-order valence-electron chi connectivity index (χ1n) is 11.6. The first kappa shape index (κ1) is 23.8. The molecule has 0 radical (unpaired) electrons. The van der Waals surface area contributed by atoms with Gasteiger partial charge >= 0.3 is 0 Å². The van der Waals surface area contributed by atoms with E-state index >= 15 is 0 Å². The summed E-state index contributed by atoms with van der Waals surface area (Å²) in [7, 11) is 3.96. The van der Waals surface area contributed by atoms with Crippen LogP contribution in [0.1, 0.15) is 43.7 Å². The molecule has 172 valence electrons. The molecule has 1 aliphatic carbocycles. The van der Waals surface area contributed by atoms with Crippen molar-refractivity contribution in [1.29, 1.82) is 0 Å². The second-order valence-electron chi connectivity index (χ2n) is 8.71. The van der Waals surface area contributed by atoms with Gasteiger partial charge in [0, 0.05) is 44.3 Å². The molecule has 1 saturated carbocycles. The van der Waals surface area contributed by atoms with Crippen LogP contribution in [0, 0.1) is 5.92 Å². The summed E-state index contributed by atoms with van der Waals surface area (Å²) in [6.07, 6.45) is 4.20. The molecule has 0 bridgehead atoms. The van der Waals surface area contributed by atoms with Crippen LogP contribution in [0.5, 0.6) is 0 Å². The number of nitrogens with zero attached hydrogens (tertiary/aromatic N) is 2. The van der Waals surface area contributed by atoms with Gasteiger partial charge in [0.1, 0.15) is 0 Å². The van der Waals surface area contributed by atoms with E-state index in [1.165, 1.54) is 5.56 Å². The molecule has 0 spiro atoms. The largest absolute Gasteiger partial charge is 0.356 e. The van der Waals surface area contributed by atoms with Crippen molar-refractivity contribution in [3.63, 3.8) is 0 Å². The summed E-state index contributed by atoms with van der Waals surface area (Å²) >= 11 is 0. The van der Waals surface area contributed by atoms with Crippen LogP contribution in [0.2, 0.25) is 0 Å². The molecule has 1 amide bonds. The number of hydrogen-bond acceptors (Lipinski definition) is 3. The molecule has 2 aromatic carbocycles. The van der Waals surface area contributed by atoms with E-state index in [1.54, 1.807) is 7.05 Å². The van der Waals surface area contributed by atoms with Crippen LogP contribution in [0.25, 0.3) is 0 Å². The number of guanidine groups is 1. The summed E-state index contributed by atoms with van der Waals surface area (Å²) < 4.78 is 0. The highest BCUT2D eigenvalue weighted by molar-refractivity contribution is 5.93. The lowest BCUT2D eigenvalue weighted by Gasteiger charge is -2.25. The molecule has 32 heavy (non-hydrogen) atoms. The Morgan fingerprint density at radius 2 is 1.84 bits per heavy atom. The van der Waals surface area contributed by atoms with E-state index in [4.69, 9.17) is 0 Å². The standard InChI is InChI=1S/C26H37N5O/c1-20(31(3)19-21-9-5-4-6-10-21)15-16-28-26(27-2)29-18-22-11-7-14-24(17-22)30-25(32)23-12-8-13-23/h4-7,9-11,14,17,20,23H,8,12-13,15-16,18-19H2,1-3H3,(H,30,32)(H2,27,28,29). The highest BCUT2D eigenvalue weighted by Gasteiger charge is 2.25. The average Bonchev–Trinajstić information content (AvgIpc) is 2.75. The summed E-state index contributed by atoms with van der Waals surface area (Å²) in [6, 6.07) is 19.0. The number of carbonyl (C=O) groups excluding carboxylic acids is 1. The summed E-state index contributed by atoms with van der Waals surface area (Å²) in [5.41, 5.74) is 3.30. The number of aliphatic imine (C=N–C) groups is 1. The third kappa shape index (κ3) is 7.38. The molecule has 1 aliphatic rings. The van der Waals surface area contributed by atoms with Crippen molar-refractivity contribution in [1.82, 2.24) is 15.5 Å². The van der Waals surface area contributed by atoms with E-state index < -0.39 is 0 Å². The second kappa shape index (κ2) is 12.2. The highest BCUT2D eigenvalue weighted by atomic mass is 16.1. The zero-order valence-electron chi connectivity index (χ0n) is 19.6. The number of benzene rings is 2. The minimum Gasteiger partial charge on any atom is -0.356 e. The molecular weight excluding hydrogens is 398 g/mol. The number of amides is 1. The van der Waals surface area contributed by atoms with Crippen molar-refractivity contribution in [2.24, 2.45) is 10.9 Å². The van der Waals surface area contributed by atoms with Gasteiger partial charge in [-0.2, -0.15) is 0 Å². The van der Waals surface area contributed by atoms with E-state index in [2.05, 4.69) is 76.2 Å². The molecule has 1 unspecified atom stereocenters. The number of carbonyl (C=O) groups is 1. The zero-order valence-corrected chi connectivity index (χ0v) is 19.6. The van der Waals surface area contributed by atoms with E-state index in [0.717, 1.165) is 56.0 Å². The lowest BCUT2D eigenvalue weighted by atomic mass is 9.85. The van der Waals surface area contributed by atoms with Crippen LogP contribution in [0.3, 0.4) is 0 Å². The Labute approximate surface area is 192 Å². The SMILES string of the molecule is CN=C(NCCC(C)N(C)Cc1ccccc1)NCc1cccc(NC(=O)C2CCC2)c1. The minimum atomic E-state index is 0.144. The Morgan fingerprint density at radius 3 is 2.53 bits per heavy atom. The molecule has 0 saturated heterocycles. The average molecular weight is 436 g/mol. The number of rotatable bonds is 10. The molecule has 0 aromatic heterocycles. The maximum atomic E-state index is 12.2. The molecule has 0 heterocycles. The van der Waals surface area contributed by atoms with Crippen LogP contribution < -0.4 is 16.0 Å². The molecule has 3 rings (SSSR count). The number of nitrogens with one attached hydrogen (secondary N) is 3. The third-order valence-corrected chi connectivity index (χ3v) is 6.24. The third-order valence-electron chi connectivity index (χ3n) is 6.24. The Hall–Kier alpha value is -2.86. The predicted molar refractivity (Wildman–Crippen MR) is 133 cm³/mol. The summed E-state index contributed by atoms with van der Waals surface area (Å²) in [4.78, 5) is 18.9. The predicted octanol–water partition coefficient (Wildman–Crippen LogP) is 4.00. The lowest BCUT2D eigenvalue weighted by Crippen LogP contribution is -2.39. The minimum absolute atomic E-state index is 0.144. The van der Waals surface area contributed by atoms with Gasteiger partial charge < -0.3 is 16.0 Å². The van der Waals surface area contributed by atoms with Gasteiger partial charge in [-0.15, -0.1) is 0 Å². The Morgan fingerprint density at radius 1 is 1.09 bits per heavy atom.